The van der Waals surface area contributed by atoms with Crippen molar-refractivity contribution in [2.45, 2.75) is 4.90 Å². The maximum Gasteiger partial charge on any atom is 0.339 e. The summed E-state index contributed by atoms with van der Waals surface area (Å²) in [7, 11) is 0. The summed E-state index contributed by atoms with van der Waals surface area (Å²) in [5.74, 6) is 0.619. The molecule has 2 N–H and O–H groups in total. The van der Waals surface area contributed by atoms with E-state index in [1.807, 2.05) is 18.2 Å². The van der Waals surface area contributed by atoms with Crippen LogP contribution in [-0.2, 0) is 14.3 Å². The molecule has 0 unspecified atom stereocenters. The predicted octanol–water partition coefficient (Wildman–Crippen LogP) is 6.39. The fraction of sp³-hybridized carbons (Fsp3) is 0.100. The van der Waals surface area contributed by atoms with Crippen LogP contribution < -0.4 is 24.8 Å². The van der Waals surface area contributed by atoms with Crippen LogP contribution in [0.2, 0.25) is 5.02 Å². The van der Waals surface area contributed by atoms with Gasteiger partial charge in [-0.2, -0.15) is 0 Å². The van der Waals surface area contributed by atoms with Crippen molar-refractivity contribution in [1.29, 1.82) is 0 Å². The van der Waals surface area contributed by atoms with Crippen molar-refractivity contribution in [3.8, 4) is 23.0 Å². The van der Waals surface area contributed by atoms with Gasteiger partial charge < -0.3 is 29.6 Å². The summed E-state index contributed by atoms with van der Waals surface area (Å²) in [5, 5.41) is 5.86. The second kappa shape index (κ2) is 13.1. The number of halogens is 1. The van der Waals surface area contributed by atoms with E-state index in [1.54, 1.807) is 72.8 Å². The SMILES string of the molecule is O=C(CSc1ccccc1C(=O)OCC(=O)Nc1cc(Cl)ccc1Oc1ccccc1)Nc1ccc2c(c1)OCO2. The molecule has 0 aromatic heterocycles. The Morgan fingerprint density at radius 2 is 1.61 bits per heavy atom. The Morgan fingerprint density at radius 3 is 2.46 bits per heavy atom. The van der Waals surface area contributed by atoms with E-state index in [0.717, 1.165) is 0 Å². The zero-order valence-electron chi connectivity index (χ0n) is 21.4. The first-order chi connectivity index (χ1) is 19.9. The zero-order valence-corrected chi connectivity index (χ0v) is 23.0. The van der Waals surface area contributed by atoms with Crippen molar-refractivity contribution in [2.24, 2.45) is 0 Å². The Hall–Kier alpha value is -4.67. The average Bonchev–Trinajstić information content (AvgIpc) is 3.45. The summed E-state index contributed by atoms with van der Waals surface area (Å²) in [6.07, 6.45) is 0. The van der Waals surface area contributed by atoms with Gasteiger partial charge >= 0.3 is 5.97 Å². The van der Waals surface area contributed by atoms with Gasteiger partial charge in [0.05, 0.1) is 17.0 Å². The Labute approximate surface area is 244 Å². The van der Waals surface area contributed by atoms with Crippen molar-refractivity contribution in [3.05, 3.63) is 102 Å². The molecule has 4 aromatic rings. The van der Waals surface area contributed by atoms with E-state index in [9.17, 15) is 14.4 Å². The van der Waals surface area contributed by atoms with Gasteiger partial charge in [-0.1, -0.05) is 41.9 Å². The van der Waals surface area contributed by atoms with Crippen molar-refractivity contribution in [1.82, 2.24) is 0 Å². The molecule has 41 heavy (non-hydrogen) atoms. The zero-order chi connectivity index (χ0) is 28.6. The topological polar surface area (TPSA) is 112 Å². The molecule has 0 fully saturated rings. The molecule has 5 rings (SSSR count). The van der Waals surface area contributed by atoms with Gasteiger partial charge in [-0.25, -0.2) is 4.79 Å². The third-order valence-corrected chi connectivity index (χ3v) is 6.95. The maximum absolute atomic E-state index is 12.8. The average molecular weight is 591 g/mol. The van der Waals surface area contributed by atoms with Crippen LogP contribution in [0, 0.1) is 0 Å². The van der Waals surface area contributed by atoms with Gasteiger partial charge in [-0.15, -0.1) is 11.8 Å². The van der Waals surface area contributed by atoms with E-state index >= 15 is 0 Å². The molecule has 0 aliphatic carbocycles. The molecule has 0 bridgehead atoms. The highest BCUT2D eigenvalue weighted by Gasteiger charge is 2.18. The van der Waals surface area contributed by atoms with Crippen LogP contribution in [0.4, 0.5) is 11.4 Å². The smallest absolute Gasteiger partial charge is 0.339 e. The van der Waals surface area contributed by atoms with Gasteiger partial charge in [0, 0.05) is 21.7 Å². The fourth-order valence-corrected chi connectivity index (χ4v) is 4.79. The minimum absolute atomic E-state index is 0.0399. The molecule has 0 spiro atoms. The summed E-state index contributed by atoms with van der Waals surface area (Å²) in [5.41, 5.74) is 1.12. The van der Waals surface area contributed by atoms with E-state index in [1.165, 1.54) is 11.8 Å². The van der Waals surface area contributed by atoms with Crippen LogP contribution in [0.15, 0.2) is 95.9 Å². The van der Waals surface area contributed by atoms with Gasteiger partial charge in [0.25, 0.3) is 5.91 Å². The molecule has 0 saturated carbocycles. The van der Waals surface area contributed by atoms with E-state index in [4.69, 9.17) is 30.5 Å². The minimum atomic E-state index is -0.703. The molecule has 0 radical (unpaired) electrons. The lowest BCUT2D eigenvalue weighted by Gasteiger charge is -2.13. The van der Waals surface area contributed by atoms with Gasteiger partial charge in [-0.05, 0) is 54.6 Å². The number of hydrogen-bond acceptors (Lipinski definition) is 8. The first-order valence-electron chi connectivity index (χ1n) is 12.4. The molecular weight excluding hydrogens is 568 g/mol. The minimum Gasteiger partial charge on any atom is -0.455 e. The number of benzene rings is 4. The third-order valence-electron chi connectivity index (χ3n) is 5.64. The van der Waals surface area contributed by atoms with Gasteiger partial charge in [-0.3, -0.25) is 9.59 Å². The number of nitrogens with one attached hydrogen (secondary N) is 2. The molecule has 1 aliphatic rings. The van der Waals surface area contributed by atoms with Crippen LogP contribution >= 0.6 is 23.4 Å². The van der Waals surface area contributed by atoms with Gasteiger partial charge in [0.1, 0.15) is 5.75 Å². The number of esters is 1. The number of rotatable bonds is 10. The summed E-state index contributed by atoms with van der Waals surface area (Å²) < 4.78 is 21.7. The van der Waals surface area contributed by atoms with E-state index < -0.39 is 18.5 Å². The Bertz CT molecular complexity index is 1580. The standard InChI is InChI=1S/C30H23ClN2O7S/c31-19-10-12-24(40-21-6-2-1-3-7-21)23(14-19)33-28(34)16-37-30(36)22-8-4-5-9-27(22)41-17-29(35)32-20-11-13-25-26(15-20)39-18-38-25/h1-15H,16-18H2,(H,32,35)(H,33,34). The summed E-state index contributed by atoms with van der Waals surface area (Å²) in [6, 6.07) is 25.7. The fourth-order valence-electron chi connectivity index (χ4n) is 3.78. The molecular formula is C30H23ClN2O7S. The van der Waals surface area contributed by atoms with Crippen molar-refractivity contribution < 1.29 is 33.3 Å². The highest BCUT2D eigenvalue weighted by Crippen LogP contribution is 2.35. The quantitative estimate of drug-likeness (QED) is 0.161. The van der Waals surface area contributed by atoms with Crippen LogP contribution in [-0.4, -0.2) is 36.9 Å². The number of carbonyl (C=O) groups excluding carboxylic acids is 3. The van der Waals surface area contributed by atoms with Crippen molar-refractivity contribution >= 4 is 52.5 Å². The summed E-state index contributed by atoms with van der Waals surface area (Å²) in [6.45, 7) is -0.402. The maximum atomic E-state index is 12.8. The van der Waals surface area contributed by atoms with Crippen LogP contribution in [0.3, 0.4) is 0 Å². The number of carbonyl (C=O) groups is 3. The van der Waals surface area contributed by atoms with Crippen molar-refractivity contribution in [3.63, 3.8) is 0 Å². The summed E-state index contributed by atoms with van der Waals surface area (Å²) in [4.78, 5) is 38.6. The largest absolute Gasteiger partial charge is 0.455 e. The van der Waals surface area contributed by atoms with E-state index in [0.29, 0.717) is 44.3 Å². The third kappa shape index (κ3) is 7.50. The van der Waals surface area contributed by atoms with Crippen LogP contribution in [0.25, 0.3) is 0 Å². The number of amides is 2. The number of thioether (sulfide) groups is 1. The molecule has 0 atom stereocenters. The Balaban J connectivity index is 1.15. The highest BCUT2D eigenvalue weighted by molar-refractivity contribution is 8.00. The lowest BCUT2D eigenvalue weighted by molar-refractivity contribution is -0.119. The second-order valence-electron chi connectivity index (χ2n) is 8.58. The first-order valence-corrected chi connectivity index (χ1v) is 13.7. The molecule has 2 amide bonds. The number of hydrogen-bond donors (Lipinski definition) is 2. The highest BCUT2D eigenvalue weighted by atomic mass is 35.5. The number of fused-ring (bicyclic) bond motifs is 1. The number of anilines is 2. The molecule has 11 heteroatoms. The molecule has 9 nitrogen and oxygen atoms in total. The number of ether oxygens (including phenoxy) is 4. The van der Waals surface area contributed by atoms with Gasteiger partial charge in [0.2, 0.25) is 12.7 Å². The van der Waals surface area contributed by atoms with Gasteiger partial charge in [0.15, 0.2) is 23.9 Å². The lowest BCUT2D eigenvalue weighted by Crippen LogP contribution is -2.21. The van der Waals surface area contributed by atoms with E-state index in [2.05, 4.69) is 10.6 Å². The van der Waals surface area contributed by atoms with Crippen molar-refractivity contribution in [2.75, 3.05) is 29.8 Å². The molecule has 0 saturated heterocycles. The predicted molar refractivity (Wildman–Crippen MR) is 155 cm³/mol. The molecule has 208 valence electrons. The second-order valence-corrected chi connectivity index (χ2v) is 10.0. The Morgan fingerprint density at radius 1 is 0.829 bits per heavy atom. The normalized spacial score (nSPS) is 11.4. The first kappa shape index (κ1) is 27.9. The summed E-state index contributed by atoms with van der Waals surface area (Å²) >= 11 is 7.28. The molecule has 1 aliphatic heterocycles. The molecule has 1 heterocycles. The van der Waals surface area contributed by atoms with Crippen LogP contribution in [0.5, 0.6) is 23.0 Å². The number of para-hydroxylation sites is 1. The molecule has 4 aromatic carbocycles. The van der Waals surface area contributed by atoms with E-state index in [-0.39, 0.29) is 24.0 Å². The Kier molecular flexibility index (Phi) is 8.92. The monoisotopic (exact) mass is 590 g/mol. The lowest BCUT2D eigenvalue weighted by atomic mass is 10.2. The van der Waals surface area contributed by atoms with Crippen LogP contribution in [0.1, 0.15) is 10.4 Å².